The smallest absolute Gasteiger partial charge is 0.291 e. The Balaban J connectivity index is 1.65. The predicted octanol–water partition coefficient (Wildman–Crippen LogP) is 3.05. The SMILES string of the molecule is COCCOc1ccc(CNC(=O)c2nc(C)n(-c3ccccc3C(C)C)n2)cn1. The number of nitrogens with zero attached hydrogens (tertiary/aromatic N) is 4. The van der Waals surface area contributed by atoms with Crippen LogP contribution in [0.1, 0.15) is 47.3 Å². The number of rotatable bonds is 9. The molecule has 0 atom stereocenters. The molecule has 158 valence electrons. The van der Waals surface area contributed by atoms with Crippen LogP contribution in [0, 0.1) is 6.92 Å². The Morgan fingerprint density at radius 3 is 2.67 bits per heavy atom. The van der Waals surface area contributed by atoms with E-state index in [2.05, 4.69) is 40.3 Å². The van der Waals surface area contributed by atoms with Gasteiger partial charge in [-0.3, -0.25) is 4.79 Å². The van der Waals surface area contributed by atoms with E-state index in [1.165, 1.54) is 0 Å². The van der Waals surface area contributed by atoms with E-state index in [0.717, 1.165) is 16.8 Å². The van der Waals surface area contributed by atoms with E-state index in [9.17, 15) is 4.79 Å². The van der Waals surface area contributed by atoms with Crippen LogP contribution >= 0.6 is 0 Å². The molecule has 3 aromatic rings. The van der Waals surface area contributed by atoms with Gasteiger partial charge >= 0.3 is 0 Å². The molecule has 8 nitrogen and oxygen atoms in total. The molecular weight excluding hydrogens is 382 g/mol. The lowest BCUT2D eigenvalue weighted by Crippen LogP contribution is -2.24. The summed E-state index contributed by atoms with van der Waals surface area (Å²) in [5, 5.41) is 7.28. The molecule has 30 heavy (non-hydrogen) atoms. The van der Waals surface area contributed by atoms with Crippen molar-refractivity contribution in [1.82, 2.24) is 25.1 Å². The number of carbonyl (C=O) groups excluding carboxylic acids is 1. The minimum Gasteiger partial charge on any atom is -0.475 e. The van der Waals surface area contributed by atoms with Crippen LogP contribution in [0.25, 0.3) is 5.69 Å². The molecule has 2 aromatic heterocycles. The van der Waals surface area contributed by atoms with Crippen LogP contribution in [-0.2, 0) is 11.3 Å². The van der Waals surface area contributed by atoms with Crippen LogP contribution in [-0.4, -0.2) is 46.0 Å². The molecule has 0 radical (unpaired) electrons. The van der Waals surface area contributed by atoms with Crippen molar-refractivity contribution in [2.75, 3.05) is 20.3 Å². The topological polar surface area (TPSA) is 91.2 Å². The number of hydrogen-bond donors (Lipinski definition) is 1. The van der Waals surface area contributed by atoms with Crippen LogP contribution in [0.15, 0.2) is 42.6 Å². The van der Waals surface area contributed by atoms with Crippen LogP contribution in [0.4, 0.5) is 0 Å². The highest BCUT2D eigenvalue weighted by Gasteiger charge is 2.17. The Kier molecular flexibility index (Phi) is 7.13. The van der Waals surface area contributed by atoms with Gasteiger partial charge in [-0.15, -0.1) is 5.10 Å². The fourth-order valence-corrected chi connectivity index (χ4v) is 2.97. The standard InChI is InChI=1S/C22H27N5O3/c1-15(2)18-7-5-6-8-19(18)27-16(3)25-21(26-27)22(28)24-14-17-9-10-20(23-13-17)30-12-11-29-4/h5-10,13,15H,11-12,14H2,1-4H3,(H,24,28). The van der Waals surface area contributed by atoms with Gasteiger partial charge in [-0.1, -0.05) is 38.1 Å². The lowest BCUT2D eigenvalue weighted by Gasteiger charge is -2.12. The fraction of sp³-hybridized carbons (Fsp3) is 0.364. The van der Waals surface area contributed by atoms with E-state index in [-0.39, 0.29) is 11.7 Å². The number of aryl methyl sites for hydroxylation is 1. The number of methoxy groups -OCH3 is 1. The van der Waals surface area contributed by atoms with Gasteiger partial charge < -0.3 is 14.8 Å². The van der Waals surface area contributed by atoms with Crippen molar-refractivity contribution in [3.63, 3.8) is 0 Å². The highest BCUT2D eigenvalue weighted by atomic mass is 16.5. The molecular formula is C22H27N5O3. The maximum Gasteiger partial charge on any atom is 0.291 e. The second kappa shape index (κ2) is 9.98. The summed E-state index contributed by atoms with van der Waals surface area (Å²) in [5.41, 5.74) is 2.94. The summed E-state index contributed by atoms with van der Waals surface area (Å²) < 4.78 is 12.1. The minimum atomic E-state index is -0.334. The maximum absolute atomic E-state index is 12.6. The summed E-state index contributed by atoms with van der Waals surface area (Å²) in [7, 11) is 1.62. The van der Waals surface area contributed by atoms with Crippen molar-refractivity contribution in [1.29, 1.82) is 0 Å². The van der Waals surface area contributed by atoms with E-state index >= 15 is 0 Å². The maximum atomic E-state index is 12.6. The molecule has 0 aliphatic heterocycles. The predicted molar refractivity (Wildman–Crippen MR) is 113 cm³/mol. The minimum absolute atomic E-state index is 0.138. The summed E-state index contributed by atoms with van der Waals surface area (Å²) in [6.45, 7) is 7.35. The van der Waals surface area contributed by atoms with Gasteiger partial charge in [-0.05, 0) is 30.0 Å². The molecule has 8 heteroatoms. The van der Waals surface area contributed by atoms with Crippen LogP contribution in [0.5, 0.6) is 5.88 Å². The van der Waals surface area contributed by atoms with Crippen LogP contribution in [0.2, 0.25) is 0 Å². The van der Waals surface area contributed by atoms with Crippen molar-refractivity contribution in [3.8, 4) is 11.6 Å². The van der Waals surface area contributed by atoms with Gasteiger partial charge in [-0.2, -0.15) is 0 Å². The summed E-state index contributed by atoms with van der Waals surface area (Å²) in [6.07, 6.45) is 1.67. The van der Waals surface area contributed by atoms with Crippen molar-refractivity contribution < 1.29 is 14.3 Å². The van der Waals surface area contributed by atoms with Crippen molar-refractivity contribution in [2.45, 2.75) is 33.2 Å². The van der Waals surface area contributed by atoms with E-state index in [0.29, 0.717) is 37.4 Å². The molecule has 0 aliphatic rings. The molecule has 0 unspecified atom stereocenters. The van der Waals surface area contributed by atoms with Gasteiger partial charge in [0.25, 0.3) is 5.91 Å². The summed E-state index contributed by atoms with van der Waals surface area (Å²) in [6, 6.07) is 11.6. The number of amides is 1. The van der Waals surface area contributed by atoms with Gasteiger partial charge in [0.05, 0.1) is 12.3 Å². The monoisotopic (exact) mass is 409 g/mol. The van der Waals surface area contributed by atoms with Gasteiger partial charge in [0.15, 0.2) is 0 Å². The zero-order valence-corrected chi connectivity index (χ0v) is 17.8. The summed E-state index contributed by atoms with van der Waals surface area (Å²) in [5.74, 6) is 1.31. The molecule has 0 aliphatic carbocycles. The van der Waals surface area contributed by atoms with Gasteiger partial charge in [0.2, 0.25) is 11.7 Å². The van der Waals surface area contributed by atoms with Gasteiger partial charge in [-0.25, -0.2) is 14.6 Å². The van der Waals surface area contributed by atoms with Crippen LogP contribution in [0.3, 0.4) is 0 Å². The van der Waals surface area contributed by atoms with E-state index in [4.69, 9.17) is 9.47 Å². The molecule has 2 heterocycles. The Morgan fingerprint density at radius 1 is 1.17 bits per heavy atom. The third-order valence-corrected chi connectivity index (χ3v) is 4.55. The number of para-hydroxylation sites is 1. The van der Waals surface area contributed by atoms with Crippen molar-refractivity contribution in [2.24, 2.45) is 0 Å². The molecule has 1 amide bonds. The third kappa shape index (κ3) is 5.21. The zero-order valence-electron chi connectivity index (χ0n) is 17.8. The summed E-state index contributed by atoms with van der Waals surface area (Å²) in [4.78, 5) is 21.1. The lowest BCUT2D eigenvalue weighted by molar-refractivity contribution is 0.0940. The first-order valence-corrected chi connectivity index (χ1v) is 9.87. The average molecular weight is 409 g/mol. The summed E-state index contributed by atoms with van der Waals surface area (Å²) >= 11 is 0. The quantitative estimate of drug-likeness (QED) is 0.546. The number of nitrogens with one attached hydrogen (secondary N) is 1. The molecule has 1 N–H and O–H groups in total. The molecule has 1 aromatic carbocycles. The normalized spacial score (nSPS) is 11.0. The van der Waals surface area contributed by atoms with E-state index in [1.807, 2.05) is 31.2 Å². The molecule has 0 saturated carbocycles. The number of aromatic nitrogens is 4. The number of benzene rings is 1. The molecule has 0 fully saturated rings. The molecule has 0 bridgehead atoms. The highest BCUT2D eigenvalue weighted by molar-refractivity contribution is 5.90. The van der Waals surface area contributed by atoms with Crippen molar-refractivity contribution in [3.05, 3.63) is 65.4 Å². The number of ether oxygens (including phenoxy) is 2. The van der Waals surface area contributed by atoms with E-state index < -0.39 is 0 Å². The van der Waals surface area contributed by atoms with Crippen molar-refractivity contribution >= 4 is 5.91 Å². The Bertz CT molecular complexity index is 983. The lowest BCUT2D eigenvalue weighted by atomic mass is 10.0. The number of hydrogen-bond acceptors (Lipinski definition) is 6. The molecule has 0 spiro atoms. The first kappa shape index (κ1) is 21.4. The van der Waals surface area contributed by atoms with Crippen LogP contribution < -0.4 is 10.1 Å². The van der Waals surface area contributed by atoms with Gasteiger partial charge in [0.1, 0.15) is 12.4 Å². The van der Waals surface area contributed by atoms with E-state index in [1.54, 1.807) is 24.1 Å². The first-order chi connectivity index (χ1) is 14.5. The molecule has 0 saturated heterocycles. The molecule has 3 rings (SSSR count). The largest absolute Gasteiger partial charge is 0.475 e. The van der Waals surface area contributed by atoms with Gasteiger partial charge in [0, 0.05) is 25.9 Å². The second-order valence-electron chi connectivity index (χ2n) is 7.14. The Hall–Kier alpha value is -3.26. The Labute approximate surface area is 176 Å². The second-order valence-corrected chi connectivity index (χ2v) is 7.14. The Morgan fingerprint density at radius 2 is 1.97 bits per heavy atom. The number of carbonyl (C=O) groups is 1. The third-order valence-electron chi connectivity index (χ3n) is 4.55. The first-order valence-electron chi connectivity index (χ1n) is 9.87. The number of pyridine rings is 1. The fourth-order valence-electron chi connectivity index (χ4n) is 2.97. The highest BCUT2D eigenvalue weighted by Crippen LogP contribution is 2.23. The zero-order chi connectivity index (χ0) is 21.5. The average Bonchev–Trinajstić information content (AvgIpc) is 3.14.